The van der Waals surface area contributed by atoms with E-state index in [-0.39, 0.29) is 29.3 Å². The van der Waals surface area contributed by atoms with Crippen molar-refractivity contribution < 1.29 is 9.90 Å². The van der Waals surface area contributed by atoms with Crippen LogP contribution in [0.15, 0.2) is 18.2 Å². The van der Waals surface area contributed by atoms with Gasteiger partial charge in [-0.05, 0) is 19.1 Å². The molecule has 17 heavy (non-hydrogen) atoms. The smallest absolute Gasteiger partial charge is 0.257 e. The van der Waals surface area contributed by atoms with Gasteiger partial charge in [0.15, 0.2) is 5.75 Å². The lowest BCUT2D eigenvalue weighted by Gasteiger charge is -2.20. The van der Waals surface area contributed by atoms with Gasteiger partial charge >= 0.3 is 0 Å². The van der Waals surface area contributed by atoms with Gasteiger partial charge in [0, 0.05) is 13.1 Å². The zero-order chi connectivity index (χ0) is 12.8. The topological polar surface area (TPSA) is 90.4 Å². The Morgan fingerprint density at radius 2 is 2.29 bits per heavy atom. The van der Waals surface area contributed by atoms with Crippen molar-refractivity contribution >= 4 is 11.6 Å². The van der Waals surface area contributed by atoms with Crippen LogP contribution in [0.2, 0.25) is 0 Å². The van der Waals surface area contributed by atoms with Crippen LogP contribution in [0.5, 0.6) is 5.75 Å². The van der Waals surface area contributed by atoms with Gasteiger partial charge in [-0.3, -0.25) is 4.79 Å². The number of benzene rings is 1. The van der Waals surface area contributed by atoms with Crippen molar-refractivity contribution in [3.05, 3.63) is 23.8 Å². The van der Waals surface area contributed by atoms with Gasteiger partial charge in [-0.25, -0.2) is 0 Å². The summed E-state index contributed by atoms with van der Waals surface area (Å²) in [5, 5.41) is 18.2. The summed E-state index contributed by atoms with van der Waals surface area (Å²) in [6.45, 7) is 2.65. The fourth-order valence-corrected chi connectivity index (χ4v) is 1.49. The molecule has 0 aliphatic heterocycles. The molecule has 0 spiro atoms. The maximum absolute atomic E-state index is 12.1. The van der Waals surface area contributed by atoms with E-state index in [0.717, 1.165) is 0 Å². The number of aromatic hydroxyl groups is 1. The summed E-state index contributed by atoms with van der Waals surface area (Å²) in [7, 11) is 0. The molecule has 90 valence electrons. The number of nitrogens with zero attached hydrogens (tertiary/aromatic N) is 2. The minimum Gasteiger partial charge on any atom is -0.505 e. The standard InChI is InChI=1S/C12H15N3O2/c1-2-15(8-4-7-13)12(17)9-5-3-6-10(14)11(9)16/h3,5-6,16H,2,4,8,14H2,1H3. The number of nitrogens with two attached hydrogens (primary N) is 1. The number of hydrogen-bond donors (Lipinski definition) is 2. The molecule has 0 atom stereocenters. The van der Waals surface area contributed by atoms with Crippen LogP contribution in [0.25, 0.3) is 0 Å². The molecule has 0 radical (unpaired) electrons. The number of nitrogen functional groups attached to an aromatic ring is 1. The van der Waals surface area contributed by atoms with Crippen LogP contribution >= 0.6 is 0 Å². The highest BCUT2D eigenvalue weighted by atomic mass is 16.3. The molecule has 0 aliphatic carbocycles. The highest BCUT2D eigenvalue weighted by Gasteiger charge is 2.18. The second-order valence-corrected chi connectivity index (χ2v) is 3.54. The van der Waals surface area contributed by atoms with E-state index in [9.17, 15) is 9.90 Å². The third kappa shape index (κ3) is 2.88. The lowest BCUT2D eigenvalue weighted by atomic mass is 10.1. The van der Waals surface area contributed by atoms with Gasteiger partial charge in [-0.2, -0.15) is 5.26 Å². The molecule has 1 aromatic carbocycles. The largest absolute Gasteiger partial charge is 0.505 e. The number of nitriles is 1. The van der Waals surface area contributed by atoms with Gasteiger partial charge < -0.3 is 15.7 Å². The molecular formula is C12H15N3O2. The van der Waals surface area contributed by atoms with E-state index in [0.29, 0.717) is 13.1 Å². The number of carbonyl (C=O) groups excluding carboxylic acids is 1. The summed E-state index contributed by atoms with van der Waals surface area (Å²) < 4.78 is 0. The minimum atomic E-state index is -0.312. The Kier molecular flexibility index (Phi) is 4.35. The molecular weight excluding hydrogens is 218 g/mol. The maximum atomic E-state index is 12.1. The Labute approximate surface area is 100 Å². The first-order valence-corrected chi connectivity index (χ1v) is 5.35. The number of amides is 1. The van der Waals surface area contributed by atoms with Crippen LogP contribution in [0, 0.1) is 11.3 Å². The summed E-state index contributed by atoms with van der Waals surface area (Å²) in [6.07, 6.45) is 0.267. The Morgan fingerprint density at radius 1 is 1.59 bits per heavy atom. The molecule has 1 rings (SSSR count). The first-order valence-electron chi connectivity index (χ1n) is 5.35. The van der Waals surface area contributed by atoms with Gasteiger partial charge in [0.05, 0.1) is 23.7 Å². The third-order valence-electron chi connectivity index (χ3n) is 2.46. The number of rotatable bonds is 4. The van der Waals surface area contributed by atoms with Crippen molar-refractivity contribution in [2.24, 2.45) is 0 Å². The van der Waals surface area contributed by atoms with Crippen molar-refractivity contribution in [1.29, 1.82) is 5.26 Å². The van der Waals surface area contributed by atoms with Gasteiger partial charge in [-0.1, -0.05) is 6.07 Å². The number of hydrogen-bond acceptors (Lipinski definition) is 4. The molecule has 0 fully saturated rings. The van der Waals surface area contributed by atoms with Crippen LogP contribution in [0.1, 0.15) is 23.7 Å². The highest BCUT2D eigenvalue weighted by molar-refractivity contribution is 5.98. The number of para-hydroxylation sites is 1. The van der Waals surface area contributed by atoms with Crippen molar-refractivity contribution in [2.45, 2.75) is 13.3 Å². The average Bonchev–Trinajstić information content (AvgIpc) is 2.33. The van der Waals surface area contributed by atoms with Gasteiger partial charge in [-0.15, -0.1) is 0 Å². The summed E-state index contributed by atoms with van der Waals surface area (Å²) in [6, 6.07) is 6.64. The van der Waals surface area contributed by atoms with Crippen molar-refractivity contribution in [3.8, 4) is 11.8 Å². The van der Waals surface area contributed by atoms with Gasteiger partial charge in [0.1, 0.15) is 0 Å². The molecule has 0 saturated heterocycles. The third-order valence-corrected chi connectivity index (χ3v) is 2.46. The quantitative estimate of drug-likeness (QED) is 0.606. The van der Waals surface area contributed by atoms with Crippen LogP contribution in [0.4, 0.5) is 5.69 Å². The summed E-state index contributed by atoms with van der Waals surface area (Å²) in [5.74, 6) is -0.513. The number of carbonyl (C=O) groups is 1. The van der Waals surface area contributed by atoms with E-state index in [1.807, 2.05) is 13.0 Å². The zero-order valence-electron chi connectivity index (χ0n) is 9.68. The monoisotopic (exact) mass is 233 g/mol. The fourth-order valence-electron chi connectivity index (χ4n) is 1.49. The number of anilines is 1. The average molecular weight is 233 g/mol. The zero-order valence-corrected chi connectivity index (χ0v) is 9.68. The molecule has 0 bridgehead atoms. The lowest BCUT2D eigenvalue weighted by Crippen LogP contribution is -2.31. The fraction of sp³-hybridized carbons (Fsp3) is 0.333. The van der Waals surface area contributed by atoms with Crippen molar-refractivity contribution in [2.75, 3.05) is 18.8 Å². The summed E-state index contributed by atoms with van der Waals surface area (Å²) in [5.41, 5.74) is 5.87. The number of phenols is 1. The second kappa shape index (κ2) is 5.75. The molecule has 1 amide bonds. The first-order chi connectivity index (χ1) is 8.11. The van der Waals surface area contributed by atoms with Gasteiger partial charge in [0.2, 0.25) is 0 Å². The first kappa shape index (κ1) is 12.8. The minimum absolute atomic E-state index is 0.171. The molecule has 5 heteroatoms. The molecule has 0 heterocycles. The van der Waals surface area contributed by atoms with Crippen molar-refractivity contribution in [1.82, 2.24) is 4.90 Å². The normalized spacial score (nSPS) is 9.65. The highest BCUT2D eigenvalue weighted by Crippen LogP contribution is 2.25. The van der Waals surface area contributed by atoms with Crippen LogP contribution in [-0.4, -0.2) is 29.0 Å². The molecule has 3 N–H and O–H groups in total. The van der Waals surface area contributed by atoms with Crippen molar-refractivity contribution in [3.63, 3.8) is 0 Å². The van der Waals surface area contributed by atoms with Crippen LogP contribution < -0.4 is 5.73 Å². The predicted octanol–water partition coefficient (Wildman–Crippen LogP) is 1.35. The Hall–Kier alpha value is -2.22. The lowest BCUT2D eigenvalue weighted by molar-refractivity contribution is 0.0765. The summed E-state index contributed by atoms with van der Waals surface area (Å²) in [4.78, 5) is 13.6. The van der Waals surface area contributed by atoms with E-state index in [1.165, 1.54) is 17.0 Å². The molecule has 0 unspecified atom stereocenters. The summed E-state index contributed by atoms with van der Waals surface area (Å²) >= 11 is 0. The molecule has 5 nitrogen and oxygen atoms in total. The van der Waals surface area contributed by atoms with Crippen LogP contribution in [-0.2, 0) is 0 Å². The van der Waals surface area contributed by atoms with Crippen LogP contribution in [0.3, 0.4) is 0 Å². The molecule has 0 saturated carbocycles. The van der Waals surface area contributed by atoms with E-state index in [2.05, 4.69) is 0 Å². The number of phenolic OH excluding ortho intramolecular Hbond substituents is 1. The second-order valence-electron chi connectivity index (χ2n) is 3.54. The Morgan fingerprint density at radius 3 is 2.88 bits per heavy atom. The maximum Gasteiger partial charge on any atom is 0.257 e. The predicted molar refractivity (Wildman–Crippen MR) is 64.3 cm³/mol. The molecule has 0 aromatic heterocycles. The van der Waals surface area contributed by atoms with E-state index in [1.54, 1.807) is 6.07 Å². The Bertz CT molecular complexity index is 452. The molecule has 0 aliphatic rings. The van der Waals surface area contributed by atoms with Gasteiger partial charge in [0.25, 0.3) is 5.91 Å². The molecule has 1 aromatic rings. The Balaban J connectivity index is 2.94. The van der Waals surface area contributed by atoms with E-state index in [4.69, 9.17) is 11.0 Å². The van der Waals surface area contributed by atoms with E-state index >= 15 is 0 Å². The van der Waals surface area contributed by atoms with E-state index < -0.39 is 0 Å². The SMILES string of the molecule is CCN(CCC#N)C(=O)c1cccc(N)c1O.